The Morgan fingerprint density at radius 2 is 1.86 bits per heavy atom. The third kappa shape index (κ3) is 4.10. The Hall–Kier alpha value is -3.26. The van der Waals surface area contributed by atoms with E-state index in [9.17, 15) is 18.8 Å². The lowest BCUT2D eigenvalue weighted by Crippen LogP contribution is -2.54. The first-order valence-corrected chi connectivity index (χ1v) is 12.4. The molecule has 3 atom stereocenters. The van der Waals surface area contributed by atoms with E-state index in [4.69, 9.17) is 4.74 Å². The van der Waals surface area contributed by atoms with E-state index in [1.54, 1.807) is 23.1 Å². The second-order valence-electron chi connectivity index (χ2n) is 10.1. The van der Waals surface area contributed by atoms with Crippen molar-refractivity contribution in [2.24, 2.45) is 0 Å². The number of nitrogens with one attached hydrogen (secondary N) is 1. The molecule has 0 spiro atoms. The van der Waals surface area contributed by atoms with Gasteiger partial charge in [0, 0.05) is 43.6 Å². The zero-order valence-electron chi connectivity index (χ0n) is 19.4. The van der Waals surface area contributed by atoms with Gasteiger partial charge in [-0.1, -0.05) is 12.1 Å². The number of benzene rings is 2. The van der Waals surface area contributed by atoms with Crippen LogP contribution in [0.15, 0.2) is 42.5 Å². The van der Waals surface area contributed by atoms with Crippen LogP contribution in [0.4, 0.5) is 4.39 Å². The van der Waals surface area contributed by atoms with Gasteiger partial charge in [0.25, 0.3) is 5.91 Å². The lowest BCUT2D eigenvalue weighted by atomic mass is 9.89. The van der Waals surface area contributed by atoms with Crippen molar-refractivity contribution in [2.45, 2.75) is 62.8 Å². The molecule has 1 aliphatic carbocycles. The highest BCUT2D eigenvalue weighted by atomic mass is 19.1. The Balaban J connectivity index is 1.10. The van der Waals surface area contributed by atoms with E-state index in [0.29, 0.717) is 30.5 Å². The molecule has 0 bridgehead atoms. The number of nitrogens with zero attached hydrogens (tertiary/aromatic N) is 2. The molecule has 35 heavy (non-hydrogen) atoms. The monoisotopic (exact) mass is 477 g/mol. The van der Waals surface area contributed by atoms with Crippen LogP contribution in [-0.4, -0.2) is 58.8 Å². The predicted molar refractivity (Wildman–Crippen MR) is 125 cm³/mol. The zero-order chi connectivity index (χ0) is 24.1. The number of hydrogen-bond donors (Lipinski definition) is 1. The van der Waals surface area contributed by atoms with Crippen LogP contribution in [0.1, 0.15) is 59.5 Å². The van der Waals surface area contributed by atoms with Crippen LogP contribution in [-0.2, 0) is 16.1 Å². The van der Waals surface area contributed by atoms with Gasteiger partial charge in [0.1, 0.15) is 23.7 Å². The summed E-state index contributed by atoms with van der Waals surface area (Å²) in [6, 6.07) is 12.1. The number of carbonyl (C=O) groups is 3. The molecule has 1 saturated carbocycles. The molecule has 6 rings (SSSR count). The number of hydrogen-bond acceptors (Lipinski definition) is 5. The Kier molecular flexibility index (Phi) is 5.56. The highest BCUT2D eigenvalue weighted by molar-refractivity contribution is 6.05. The first kappa shape index (κ1) is 22.2. The van der Waals surface area contributed by atoms with E-state index in [2.05, 4.69) is 10.2 Å². The lowest BCUT2D eigenvalue weighted by molar-refractivity contribution is -0.136. The maximum absolute atomic E-state index is 13.6. The minimum Gasteiger partial charge on any atom is -0.489 e. The fraction of sp³-hybridized carbons (Fsp3) is 0.444. The molecular formula is C27H28FN3O4. The van der Waals surface area contributed by atoms with E-state index < -0.39 is 11.9 Å². The lowest BCUT2D eigenvalue weighted by Gasteiger charge is -2.45. The second-order valence-corrected chi connectivity index (χ2v) is 10.1. The molecule has 2 aromatic rings. The summed E-state index contributed by atoms with van der Waals surface area (Å²) < 4.78 is 20.0. The number of amides is 3. The van der Waals surface area contributed by atoms with E-state index in [1.165, 1.54) is 6.07 Å². The highest BCUT2D eigenvalue weighted by Crippen LogP contribution is 2.37. The van der Waals surface area contributed by atoms with Crippen LogP contribution in [0.5, 0.6) is 5.75 Å². The summed E-state index contributed by atoms with van der Waals surface area (Å²) in [6.45, 7) is 2.16. The summed E-state index contributed by atoms with van der Waals surface area (Å²) in [5.41, 5.74) is 2.49. The molecule has 1 unspecified atom stereocenters. The first-order chi connectivity index (χ1) is 17.0. The third-order valence-electron chi connectivity index (χ3n) is 7.90. The fourth-order valence-corrected chi connectivity index (χ4v) is 6.02. The standard InChI is InChI=1S/C27H28FN3O4/c28-19-4-1-3-16(11-19)18-13-30(14-18)22-5-2-6-24(22)35-20-7-8-21-17(12-20)15-31(27(21)34)23-9-10-25(32)29-26(23)33/h1,3-4,7-8,11-12,18,22-24H,2,5-6,9-10,13-15H2,(H,29,32,33)/t22-,23?,24+/m0/s1. The average Bonchev–Trinajstić information content (AvgIpc) is 3.37. The number of fused-ring (bicyclic) bond motifs is 1. The smallest absolute Gasteiger partial charge is 0.255 e. The SMILES string of the molecule is O=C1CCC(N2Cc3cc(O[C@@H]4CCC[C@@H]4N4CC(c5cccc(F)c5)C4)ccc3C2=O)C(=O)N1. The number of carbonyl (C=O) groups excluding carboxylic acids is 3. The van der Waals surface area contributed by atoms with Gasteiger partial charge >= 0.3 is 0 Å². The summed E-state index contributed by atoms with van der Waals surface area (Å²) in [4.78, 5) is 40.7. The van der Waals surface area contributed by atoms with Crippen molar-refractivity contribution < 1.29 is 23.5 Å². The Bertz CT molecular complexity index is 1190. The summed E-state index contributed by atoms with van der Waals surface area (Å²) in [5.74, 6) is 0.0375. The van der Waals surface area contributed by atoms with Crippen LogP contribution < -0.4 is 10.1 Å². The highest BCUT2D eigenvalue weighted by Gasteiger charge is 2.42. The molecule has 4 aliphatic rings. The minimum absolute atomic E-state index is 0.0739. The molecule has 182 valence electrons. The molecule has 7 nitrogen and oxygen atoms in total. The van der Waals surface area contributed by atoms with Gasteiger partial charge in [0.05, 0.1) is 0 Å². The maximum atomic E-state index is 13.6. The summed E-state index contributed by atoms with van der Waals surface area (Å²) >= 11 is 0. The fourth-order valence-electron chi connectivity index (χ4n) is 6.02. The molecule has 3 amide bonds. The van der Waals surface area contributed by atoms with Crippen molar-refractivity contribution in [1.29, 1.82) is 0 Å². The van der Waals surface area contributed by atoms with Gasteiger partial charge < -0.3 is 9.64 Å². The first-order valence-electron chi connectivity index (χ1n) is 12.4. The number of halogens is 1. The Morgan fingerprint density at radius 1 is 1.00 bits per heavy atom. The molecule has 2 saturated heterocycles. The molecule has 8 heteroatoms. The van der Waals surface area contributed by atoms with Crippen molar-refractivity contribution in [3.63, 3.8) is 0 Å². The number of likely N-dealkylation sites (tertiary alicyclic amines) is 1. The minimum atomic E-state index is -0.617. The van der Waals surface area contributed by atoms with Gasteiger partial charge in [-0.25, -0.2) is 4.39 Å². The van der Waals surface area contributed by atoms with E-state index >= 15 is 0 Å². The van der Waals surface area contributed by atoms with Crippen molar-refractivity contribution >= 4 is 17.7 Å². The zero-order valence-corrected chi connectivity index (χ0v) is 19.4. The van der Waals surface area contributed by atoms with E-state index in [1.807, 2.05) is 18.2 Å². The molecule has 3 fully saturated rings. The number of rotatable bonds is 5. The van der Waals surface area contributed by atoms with Crippen molar-refractivity contribution in [2.75, 3.05) is 13.1 Å². The number of imide groups is 1. The van der Waals surface area contributed by atoms with Crippen molar-refractivity contribution in [1.82, 2.24) is 15.1 Å². The average molecular weight is 478 g/mol. The van der Waals surface area contributed by atoms with Gasteiger partial charge in [-0.2, -0.15) is 0 Å². The van der Waals surface area contributed by atoms with Crippen LogP contribution in [0, 0.1) is 5.82 Å². The molecule has 2 aromatic carbocycles. The molecule has 1 N–H and O–H groups in total. The van der Waals surface area contributed by atoms with Crippen LogP contribution in [0.3, 0.4) is 0 Å². The van der Waals surface area contributed by atoms with E-state index in [-0.39, 0.29) is 30.2 Å². The summed E-state index contributed by atoms with van der Waals surface area (Å²) in [6.07, 6.45) is 3.82. The van der Waals surface area contributed by atoms with Crippen LogP contribution in [0.2, 0.25) is 0 Å². The summed E-state index contributed by atoms with van der Waals surface area (Å²) in [7, 11) is 0. The van der Waals surface area contributed by atoms with Gasteiger partial charge in [0.15, 0.2) is 0 Å². The molecular weight excluding hydrogens is 449 g/mol. The predicted octanol–water partition coefficient (Wildman–Crippen LogP) is 2.99. The van der Waals surface area contributed by atoms with Crippen molar-refractivity contribution in [3.8, 4) is 5.75 Å². The van der Waals surface area contributed by atoms with Crippen molar-refractivity contribution in [3.05, 3.63) is 65.0 Å². The Morgan fingerprint density at radius 3 is 2.66 bits per heavy atom. The molecule has 3 heterocycles. The maximum Gasteiger partial charge on any atom is 0.255 e. The van der Waals surface area contributed by atoms with Crippen LogP contribution in [0.25, 0.3) is 0 Å². The Labute approximate surface area is 203 Å². The second kappa shape index (κ2) is 8.75. The molecule has 0 aromatic heterocycles. The largest absolute Gasteiger partial charge is 0.489 e. The van der Waals surface area contributed by atoms with Crippen LogP contribution >= 0.6 is 0 Å². The summed E-state index contributed by atoms with van der Waals surface area (Å²) in [5, 5.41) is 2.34. The molecule has 0 radical (unpaired) electrons. The van der Waals surface area contributed by atoms with E-state index in [0.717, 1.165) is 49.2 Å². The van der Waals surface area contributed by atoms with Gasteiger partial charge in [-0.3, -0.25) is 24.6 Å². The van der Waals surface area contributed by atoms with Gasteiger partial charge in [-0.15, -0.1) is 0 Å². The number of piperidine rings is 1. The quantitative estimate of drug-likeness (QED) is 0.670. The number of ether oxygens (including phenoxy) is 1. The topological polar surface area (TPSA) is 79.0 Å². The van der Waals surface area contributed by atoms with Gasteiger partial charge in [0.2, 0.25) is 11.8 Å². The third-order valence-corrected chi connectivity index (χ3v) is 7.90. The van der Waals surface area contributed by atoms with Gasteiger partial charge in [-0.05, 0) is 67.1 Å². The normalized spacial score (nSPS) is 27.1. The molecule has 3 aliphatic heterocycles.